The van der Waals surface area contributed by atoms with Crippen LogP contribution in [0, 0.1) is 6.92 Å². The first-order chi connectivity index (χ1) is 14.4. The number of carbonyl (C=O) groups is 1. The van der Waals surface area contributed by atoms with Gasteiger partial charge in [-0.3, -0.25) is 14.8 Å². The first-order valence-corrected chi connectivity index (χ1v) is 9.90. The Kier molecular flexibility index (Phi) is 7.13. The molecule has 0 saturated carbocycles. The number of nitrogens with one attached hydrogen (secondary N) is 1. The summed E-state index contributed by atoms with van der Waals surface area (Å²) in [5.74, 6) is -0.162. The van der Waals surface area contributed by atoms with Crippen LogP contribution in [0.1, 0.15) is 34.5 Å². The number of pyridine rings is 1. The monoisotopic (exact) mass is 408 g/mol. The number of aliphatic imine (C=N–C) groups is 2. The summed E-state index contributed by atoms with van der Waals surface area (Å²) >= 11 is 0. The van der Waals surface area contributed by atoms with Gasteiger partial charge in [0.25, 0.3) is 5.91 Å². The van der Waals surface area contributed by atoms with Gasteiger partial charge >= 0.3 is 0 Å². The highest BCUT2D eigenvalue weighted by atomic mass is 16.5. The Labute approximate surface area is 176 Å². The second-order valence-electron chi connectivity index (χ2n) is 7.33. The fraction of sp³-hybridized carbons (Fsp3) is 0.364. The molecule has 1 atom stereocenters. The van der Waals surface area contributed by atoms with Crippen molar-refractivity contribution in [3.8, 4) is 11.1 Å². The molecule has 1 unspecified atom stereocenters. The van der Waals surface area contributed by atoms with E-state index in [0.29, 0.717) is 18.7 Å². The molecule has 5 N–H and O–H groups in total. The minimum atomic E-state index is -0.171. The summed E-state index contributed by atoms with van der Waals surface area (Å²) in [5.41, 5.74) is 16.1. The third-order valence-electron chi connectivity index (χ3n) is 4.97. The van der Waals surface area contributed by atoms with E-state index in [1.807, 2.05) is 31.2 Å². The van der Waals surface area contributed by atoms with Crippen molar-refractivity contribution in [3.63, 3.8) is 0 Å². The van der Waals surface area contributed by atoms with E-state index in [1.54, 1.807) is 19.4 Å². The number of amides is 1. The van der Waals surface area contributed by atoms with E-state index in [0.717, 1.165) is 47.5 Å². The zero-order chi connectivity index (χ0) is 21.5. The van der Waals surface area contributed by atoms with E-state index >= 15 is 0 Å². The first kappa shape index (κ1) is 21.4. The number of hydrogen-bond donors (Lipinski definition) is 3. The molecule has 0 saturated heterocycles. The highest BCUT2D eigenvalue weighted by molar-refractivity contribution is 5.99. The smallest absolute Gasteiger partial charge is 0.251 e. The highest BCUT2D eigenvalue weighted by Crippen LogP contribution is 2.23. The molecule has 1 aromatic heterocycles. The summed E-state index contributed by atoms with van der Waals surface area (Å²) in [6.45, 7) is 3.35. The third-order valence-corrected chi connectivity index (χ3v) is 4.97. The van der Waals surface area contributed by atoms with E-state index in [2.05, 4.69) is 20.3 Å². The Bertz CT molecular complexity index is 966. The van der Waals surface area contributed by atoms with Gasteiger partial charge in [-0.1, -0.05) is 0 Å². The van der Waals surface area contributed by atoms with Crippen molar-refractivity contribution in [1.29, 1.82) is 0 Å². The summed E-state index contributed by atoms with van der Waals surface area (Å²) in [5, 5.41) is 2.97. The first-order valence-electron chi connectivity index (χ1n) is 9.90. The number of aryl methyl sites for hydroxylation is 1. The lowest BCUT2D eigenvalue weighted by Gasteiger charge is -2.21. The van der Waals surface area contributed by atoms with Crippen LogP contribution in [-0.2, 0) is 11.3 Å². The fourth-order valence-corrected chi connectivity index (χ4v) is 3.40. The van der Waals surface area contributed by atoms with Gasteiger partial charge in [0.2, 0.25) is 0 Å². The van der Waals surface area contributed by atoms with Gasteiger partial charge in [0.15, 0.2) is 5.96 Å². The third kappa shape index (κ3) is 5.87. The number of benzene rings is 1. The van der Waals surface area contributed by atoms with Gasteiger partial charge < -0.3 is 21.5 Å². The molecule has 158 valence electrons. The minimum absolute atomic E-state index is 0.00849. The molecular formula is C22H28N6O2. The van der Waals surface area contributed by atoms with E-state index in [1.165, 1.54) is 0 Å². The molecule has 1 aromatic carbocycles. The van der Waals surface area contributed by atoms with Crippen LogP contribution >= 0.6 is 0 Å². The zero-order valence-corrected chi connectivity index (χ0v) is 17.4. The molecule has 0 bridgehead atoms. The predicted octanol–water partition coefficient (Wildman–Crippen LogP) is 1.81. The molecule has 1 amide bonds. The van der Waals surface area contributed by atoms with Crippen LogP contribution in [0.5, 0.6) is 0 Å². The normalized spacial score (nSPS) is 15.9. The molecule has 2 heterocycles. The topological polar surface area (TPSA) is 128 Å². The number of rotatable bonds is 7. The summed E-state index contributed by atoms with van der Waals surface area (Å²) in [6, 6.07) is 9.54. The van der Waals surface area contributed by atoms with Crippen molar-refractivity contribution < 1.29 is 9.53 Å². The van der Waals surface area contributed by atoms with Crippen molar-refractivity contribution in [1.82, 2.24) is 10.3 Å². The molecule has 0 aliphatic carbocycles. The van der Waals surface area contributed by atoms with E-state index in [4.69, 9.17) is 16.2 Å². The van der Waals surface area contributed by atoms with Gasteiger partial charge in [-0.2, -0.15) is 0 Å². The van der Waals surface area contributed by atoms with Crippen molar-refractivity contribution >= 4 is 17.6 Å². The van der Waals surface area contributed by atoms with Crippen LogP contribution in [0.4, 0.5) is 0 Å². The largest absolute Gasteiger partial charge is 0.381 e. The SMILES string of the molecule is COC1CCN=C(CNC(=O)c2cc(CN=C(N)N)cc(-c3ccnc(C)c3)c2)C1. The lowest BCUT2D eigenvalue weighted by Crippen LogP contribution is -2.34. The molecule has 0 spiro atoms. The number of aromatic nitrogens is 1. The van der Waals surface area contributed by atoms with Crippen molar-refractivity contribution in [2.45, 2.75) is 32.4 Å². The molecule has 8 nitrogen and oxygen atoms in total. The number of carbonyl (C=O) groups excluding carboxylic acids is 1. The van der Waals surface area contributed by atoms with Crippen molar-refractivity contribution in [2.24, 2.45) is 21.5 Å². The zero-order valence-electron chi connectivity index (χ0n) is 17.4. The maximum absolute atomic E-state index is 12.9. The second kappa shape index (κ2) is 9.98. The molecule has 1 aliphatic rings. The lowest BCUT2D eigenvalue weighted by atomic mass is 9.99. The lowest BCUT2D eigenvalue weighted by molar-refractivity contribution is 0.0946. The van der Waals surface area contributed by atoms with Crippen LogP contribution in [0.15, 0.2) is 46.5 Å². The Morgan fingerprint density at radius 2 is 2.10 bits per heavy atom. The number of methoxy groups -OCH3 is 1. The molecule has 1 aliphatic heterocycles. The Morgan fingerprint density at radius 3 is 2.83 bits per heavy atom. The summed E-state index contributed by atoms with van der Waals surface area (Å²) in [6.07, 6.45) is 3.57. The van der Waals surface area contributed by atoms with Gasteiger partial charge in [-0.05, 0) is 60.4 Å². The molecule has 8 heteroatoms. The Morgan fingerprint density at radius 1 is 1.27 bits per heavy atom. The van der Waals surface area contributed by atoms with Gasteiger partial charge in [0, 0.05) is 43.2 Å². The minimum Gasteiger partial charge on any atom is -0.381 e. The van der Waals surface area contributed by atoms with Gasteiger partial charge in [0.1, 0.15) is 0 Å². The van der Waals surface area contributed by atoms with E-state index in [9.17, 15) is 4.79 Å². The van der Waals surface area contributed by atoms with Crippen LogP contribution in [0.25, 0.3) is 11.1 Å². The molecule has 30 heavy (non-hydrogen) atoms. The fourth-order valence-electron chi connectivity index (χ4n) is 3.40. The van der Waals surface area contributed by atoms with Gasteiger partial charge in [-0.25, -0.2) is 4.99 Å². The van der Waals surface area contributed by atoms with Crippen molar-refractivity contribution in [2.75, 3.05) is 20.2 Å². The van der Waals surface area contributed by atoms with Crippen LogP contribution in [0.2, 0.25) is 0 Å². The molecule has 2 aromatic rings. The number of nitrogens with two attached hydrogens (primary N) is 2. The van der Waals surface area contributed by atoms with E-state index < -0.39 is 0 Å². The van der Waals surface area contributed by atoms with E-state index in [-0.39, 0.29) is 18.0 Å². The molecular weight excluding hydrogens is 380 g/mol. The van der Waals surface area contributed by atoms with Crippen LogP contribution in [-0.4, -0.2) is 48.9 Å². The second-order valence-corrected chi connectivity index (χ2v) is 7.33. The van der Waals surface area contributed by atoms with Gasteiger partial charge in [0.05, 0.1) is 19.2 Å². The number of ether oxygens (including phenoxy) is 1. The summed E-state index contributed by atoms with van der Waals surface area (Å²) in [4.78, 5) is 25.7. The Hall–Kier alpha value is -3.26. The molecule has 0 fully saturated rings. The predicted molar refractivity (Wildman–Crippen MR) is 119 cm³/mol. The molecule has 3 rings (SSSR count). The van der Waals surface area contributed by atoms with Crippen molar-refractivity contribution in [3.05, 3.63) is 53.3 Å². The Balaban J connectivity index is 1.82. The highest BCUT2D eigenvalue weighted by Gasteiger charge is 2.17. The maximum atomic E-state index is 12.9. The quantitative estimate of drug-likeness (QED) is 0.475. The number of guanidine groups is 1. The average molecular weight is 409 g/mol. The number of hydrogen-bond acceptors (Lipinski definition) is 5. The van der Waals surface area contributed by atoms with Gasteiger partial charge in [-0.15, -0.1) is 0 Å². The van der Waals surface area contributed by atoms with Crippen LogP contribution in [0.3, 0.4) is 0 Å². The average Bonchev–Trinajstić information content (AvgIpc) is 2.76. The van der Waals surface area contributed by atoms with Crippen LogP contribution < -0.4 is 16.8 Å². The number of nitrogens with zero attached hydrogens (tertiary/aromatic N) is 3. The molecule has 0 radical (unpaired) electrons. The maximum Gasteiger partial charge on any atom is 0.251 e. The standard InChI is InChI=1S/C22H28N6O2/c1-14-7-16(3-5-25-14)17-8-15(12-28-22(23)24)9-18(10-17)21(29)27-13-19-11-20(30-2)4-6-26-19/h3,5,7-10,20H,4,6,11-13H2,1-2H3,(H,27,29)(H4,23,24,28). The summed E-state index contributed by atoms with van der Waals surface area (Å²) in [7, 11) is 1.70. The summed E-state index contributed by atoms with van der Waals surface area (Å²) < 4.78 is 5.42.